The molecule has 2 rings (SSSR count). The van der Waals surface area contributed by atoms with Crippen molar-refractivity contribution in [2.45, 2.75) is 46.0 Å². The quantitative estimate of drug-likeness (QED) is 0.848. The molecule has 1 fully saturated rings. The Morgan fingerprint density at radius 3 is 2.33 bits per heavy atom. The molecule has 0 bridgehead atoms. The third-order valence-corrected chi connectivity index (χ3v) is 5.24. The van der Waals surface area contributed by atoms with Crippen LogP contribution in [0.5, 0.6) is 0 Å². The van der Waals surface area contributed by atoms with Crippen molar-refractivity contribution in [2.75, 3.05) is 32.1 Å². The lowest BCUT2D eigenvalue weighted by Crippen LogP contribution is -2.44. The van der Waals surface area contributed by atoms with Gasteiger partial charge in [0.05, 0.1) is 0 Å². The van der Waals surface area contributed by atoms with Gasteiger partial charge in [-0.2, -0.15) is 0 Å². The van der Waals surface area contributed by atoms with E-state index in [1.54, 1.807) is 0 Å². The second kappa shape index (κ2) is 7.31. The molecule has 0 radical (unpaired) electrons. The van der Waals surface area contributed by atoms with E-state index < -0.39 is 0 Å². The second-order valence-corrected chi connectivity index (χ2v) is 7.09. The van der Waals surface area contributed by atoms with E-state index in [4.69, 9.17) is 0 Å². The first-order chi connectivity index (χ1) is 10.1. The van der Waals surface area contributed by atoms with Crippen LogP contribution in [-0.2, 0) is 6.42 Å². The molecule has 0 amide bonds. The Morgan fingerprint density at radius 2 is 1.81 bits per heavy atom. The zero-order valence-corrected chi connectivity index (χ0v) is 14.3. The molecule has 0 saturated heterocycles. The number of benzene rings is 1. The summed E-state index contributed by atoms with van der Waals surface area (Å²) in [6.07, 6.45) is 6.58. The SMILES string of the molecule is CCc1ccc(N(C)CC2(CNC)CCC(C)CC2)cc1. The minimum Gasteiger partial charge on any atom is -0.374 e. The fourth-order valence-electron chi connectivity index (χ4n) is 3.72. The number of hydrogen-bond donors (Lipinski definition) is 1. The molecule has 0 atom stereocenters. The normalized spacial score (nSPS) is 25.8. The Labute approximate surface area is 130 Å². The summed E-state index contributed by atoms with van der Waals surface area (Å²) in [5.74, 6) is 0.907. The molecule has 1 aliphatic rings. The first-order valence-electron chi connectivity index (χ1n) is 8.53. The van der Waals surface area contributed by atoms with Crippen molar-refractivity contribution < 1.29 is 0 Å². The molecule has 1 aliphatic carbocycles. The van der Waals surface area contributed by atoms with Gasteiger partial charge in [0, 0.05) is 31.2 Å². The number of aryl methyl sites for hydroxylation is 1. The minimum atomic E-state index is 0.444. The van der Waals surface area contributed by atoms with Gasteiger partial charge >= 0.3 is 0 Å². The first-order valence-corrected chi connectivity index (χ1v) is 8.53. The van der Waals surface area contributed by atoms with E-state index in [1.165, 1.54) is 36.9 Å². The number of anilines is 1. The third kappa shape index (κ3) is 4.23. The van der Waals surface area contributed by atoms with E-state index >= 15 is 0 Å². The molecule has 0 heterocycles. The van der Waals surface area contributed by atoms with Crippen LogP contribution in [0.1, 0.15) is 45.1 Å². The van der Waals surface area contributed by atoms with Crippen molar-refractivity contribution in [1.82, 2.24) is 5.32 Å². The lowest BCUT2D eigenvalue weighted by Gasteiger charge is -2.42. The topological polar surface area (TPSA) is 15.3 Å². The van der Waals surface area contributed by atoms with Crippen molar-refractivity contribution in [3.05, 3.63) is 29.8 Å². The fourth-order valence-corrected chi connectivity index (χ4v) is 3.72. The number of nitrogens with one attached hydrogen (secondary N) is 1. The van der Waals surface area contributed by atoms with E-state index in [1.807, 2.05) is 0 Å². The van der Waals surface area contributed by atoms with Crippen LogP contribution in [0.3, 0.4) is 0 Å². The lowest BCUT2D eigenvalue weighted by atomic mass is 9.70. The van der Waals surface area contributed by atoms with Crippen LogP contribution < -0.4 is 10.2 Å². The maximum atomic E-state index is 3.44. The Bertz CT molecular complexity index is 416. The van der Waals surface area contributed by atoms with Gasteiger partial charge in [-0.15, -0.1) is 0 Å². The Balaban J connectivity index is 2.04. The van der Waals surface area contributed by atoms with Crippen molar-refractivity contribution in [1.29, 1.82) is 0 Å². The minimum absolute atomic E-state index is 0.444. The van der Waals surface area contributed by atoms with E-state index in [9.17, 15) is 0 Å². The van der Waals surface area contributed by atoms with Crippen LogP contribution in [0.2, 0.25) is 0 Å². The van der Waals surface area contributed by atoms with Crippen molar-refractivity contribution in [3.63, 3.8) is 0 Å². The zero-order chi connectivity index (χ0) is 15.3. The highest BCUT2D eigenvalue weighted by atomic mass is 15.1. The van der Waals surface area contributed by atoms with Crippen LogP contribution in [-0.4, -0.2) is 27.2 Å². The molecule has 21 heavy (non-hydrogen) atoms. The van der Waals surface area contributed by atoms with Crippen molar-refractivity contribution in [2.24, 2.45) is 11.3 Å². The predicted molar refractivity (Wildman–Crippen MR) is 93.1 cm³/mol. The molecule has 118 valence electrons. The van der Waals surface area contributed by atoms with Crippen molar-refractivity contribution in [3.8, 4) is 0 Å². The Hall–Kier alpha value is -1.02. The van der Waals surface area contributed by atoms with Crippen molar-refractivity contribution >= 4 is 5.69 Å². The second-order valence-electron chi connectivity index (χ2n) is 7.09. The molecule has 1 saturated carbocycles. The van der Waals surface area contributed by atoms with Gasteiger partial charge < -0.3 is 10.2 Å². The largest absolute Gasteiger partial charge is 0.374 e. The molecule has 0 aromatic heterocycles. The molecule has 2 heteroatoms. The summed E-state index contributed by atoms with van der Waals surface area (Å²) in [5, 5.41) is 3.44. The number of rotatable bonds is 6. The molecule has 0 unspecified atom stereocenters. The summed E-state index contributed by atoms with van der Waals surface area (Å²) in [5.41, 5.74) is 3.21. The van der Waals surface area contributed by atoms with Gasteiger partial charge in [0.25, 0.3) is 0 Å². The smallest absolute Gasteiger partial charge is 0.0363 e. The van der Waals surface area contributed by atoms with Crippen LogP contribution in [0.25, 0.3) is 0 Å². The van der Waals surface area contributed by atoms with Gasteiger partial charge in [-0.05, 0) is 49.9 Å². The van der Waals surface area contributed by atoms with Gasteiger partial charge in [0.15, 0.2) is 0 Å². The van der Waals surface area contributed by atoms with Gasteiger partial charge in [-0.1, -0.05) is 38.8 Å². The van der Waals surface area contributed by atoms with Gasteiger partial charge in [0.1, 0.15) is 0 Å². The maximum Gasteiger partial charge on any atom is 0.0363 e. The van der Waals surface area contributed by atoms with E-state index in [2.05, 4.69) is 62.4 Å². The summed E-state index contributed by atoms with van der Waals surface area (Å²) in [7, 11) is 4.34. The molecular weight excluding hydrogens is 256 g/mol. The molecular formula is C19H32N2. The average molecular weight is 288 g/mol. The summed E-state index contributed by atoms with van der Waals surface area (Å²) in [6, 6.07) is 9.08. The van der Waals surface area contributed by atoms with Gasteiger partial charge in [-0.25, -0.2) is 0 Å². The van der Waals surface area contributed by atoms with Gasteiger partial charge in [-0.3, -0.25) is 0 Å². The molecule has 2 nitrogen and oxygen atoms in total. The standard InChI is InChI=1S/C19H32N2/c1-5-17-6-8-18(9-7-17)21(4)15-19(14-20-3)12-10-16(2)11-13-19/h6-9,16,20H,5,10-15H2,1-4H3. The van der Waals surface area contributed by atoms with Gasteiger partial charge in [0.2, 0.25) is 0 Å². The van der Waals surface area contributed by atoms with Crippen LogP contribution in [0, 0.1) is 11.3 Å². The summed E-state index contributed by atoms with van der Waals surface area (Å²) in [4.78, 5) is 2.45. The monoisotopic (exact) mass is 288 g/mol. The highest BCUT2D eigenvalue weighted by molar-refractivity contribution is 5.47. The van der Waals surface area contributed by atoms with Crippen LogP contribution in [0.15, 0.2) is 24.3 Å². The summed E-state index contributed by atoms with van der Waals surface area (Å²) >= 11 is 0. The zero-order valence-electron chi connectivity index (χ0n) is 14.3. The fraction of sp³-hybridized carbons (Fsp3) is 0.684. The van der Waals surface area contributed by atoms with Crippen LogP contribution >= 0.6 is 0 Å². The molecule has 1 aromatic carbocycles. The lowest BCUT2D eigenvalue weighted by molar-refractivity contribution is 0.161. The molecule has 1 aromatic rings. The number of nitrogens with zero attached hydrogens (tertiary/aromatic N) is 1. The maximum absolute atomic E-state index is 3.44. The Kier molecular flexibility index (Phi) is 5.69. The first kappa shape index (κ1) is 16.4. The average Bonchev–Trinajstić information content (AvgIpc) is 2.51. The highest BCUT2D eigenvalue weighted by Gasteiger charge is 2.34. The molecule has 1 N–H and O–H groups in total. The highest BCUT2D eigenvalue weighted by Crippen LogP contribution is 2.39. The van der Waals surface area contributed by atoms with Crippen LogP contribution in [0.4, 0.5) is 5.69 Å². The predicted octanol–water partition coefficient (Wildman–Crippen LogP) is 4.10. The van der Waals surface area contributed by atoms with E-state index in [0.29, 0.717) is 5.41 Å². The summed E-state index contributed by atoms with van der Waals surface area (Å²) < 4.78 is 0. The third-order valence-electron chi connectivity index (χ3n) is 5.24. The summed E-state index contributed by atoms with van der Waals surface area (Å²) in [6.45, 7) is 6.91. The van der Waals surface area contributed by atoms with E-state index in [-0.39, 0.29) is 0 Å². The number of hydrogen-bond acceptors (Lipinski definition) is 2. The molecule has 0 aliphatic heterocycles. The molecule has 0 spiro atoms. The van der Waals surface area contributed by atoms with E-state index in [0.717, 1.165) is 25.4 Å². The Morgan fingerprint density at radius 1 is 1.19 bits per heavy atom.